The van der Waals surface area contributed by atoms with E-state index in [0.717, 1.165) is 25.3 Å². The van der Waals surface area contributed by atoms with Gasteiger partial charge in [0.1, 0.15) is 13.2 Å². The molecular formula is C25H29N3O4. The molecule has 5 rings (SSSR count). The number of carbonyl (C=O) groups excluding carboxylic acids is 2. The molecule has 2 aromatic carbocycles. The number of ether oxygens (including phenoxy) is 2. The number of rotatable bonds is 4. The molecule has 7 nitrogen and oxygen atoms in total. The Bertz CT molecular complexity index is 1020. The fourth-order valence-corrected chi connectivity index (χ4v) is 4.74. The van der Waals surface area contributed by atoms with E-state index >= 15 is 0 Å². The molecule has 7 heteroatoms. The van der Waals surface area contributed by atoms with Crippen molar-refractivity contribution in [2.24, 2.45) is 5.92 Å². The number of nitrogens with zero attached hydrogens (tertiary/aromatic N) is 3. The maximum absolute atomic E-state index is 13.2. The Kier molecular flexibility index (Phi) is 5.74. The van der Waals surface area contributed by atoms with Gasteiger partial charge in [0.05, 0.1) is 5.92 Å². The van der Waals surface area contributed by atoms with E-state index in [1.165, 1.54) is 11.1 Å². The van der Waals surface area contributed by atoms with Gasteiger partial charge in [-0.15, -0.1) is 0 Å². The first kappa shape index (κ1) is 20.8. The van der Waals surface area contributed by atoms with Crippen molar-refractivity contribution in [2.75, 3.05) is 50.8 Å². The van der Waals surface area contributed by atoms with Gasteiger partial charge in [0.2, 0.25) is 11.8 Å². The molecule has 3 aliphatic heterocycles. The van der Waals surface area contributed by atoms with Gasteiger partial charge in [-0.05, 0) is 30.2 Å². The molecule has 0 N–H and O–H groups in total. The van der Waals surface area contributed by atoms with Crippen molar-refractivity contribution in [2.45, 2.75) is 19.9 Å². The molecule has 2 amide bonds. The van der Waals surface area contributed by atoms with Gasteiger partial charge >= 0.3 is 0 Å². The molecule has 2 saturated heterocycles. The Morgan fingerprint density at radius 1 is 1.00 bits per heavy atom. The van der Waals surface area contributed by atoms with Gasteiger partial charge in [-0.25, -0.2) is 0 Å². The van der Waals surface area contributed by atoms with Gasteiger partial charge in [0.15, 0.2) is 11.5 Å². The van der Waals surface area contributed by atoms with E-state index in [4.69, 9.17) is 9.47 Å². The highest BCUT2D eigenvalue weighted by Crippen LogP contribution is 2.36. The number of aryl methyl sites for hydroxylation is 1. The molecule has 0 radical (unpaired) electrons. The molecular weight excluding hydrogens is 406 g/mol. The first-order valence-electron chi connectivity index (χ1n) is 11.3. The monoisotopic (exact) mass is 435 g/mol. The zero-order valence-corrected chi connectivity index (χ0v) is 18.5. The SMILES string of the molecule is Cc1ccccc1CN1CCN(C(=O)[C@H]2CC(=O)N(c3ccc4c(c3)OCCO4)C2)CC1. The standard InChI is InChI=1S/C25H29N3O4/c1-18-4-2-3-5-19(18)16-26-8-10-27(11-9-26)25(30)20-14-24(29)28(17-20)21-6-7-22-23(15-21)32-13-12-31-22/h2-7,15,20H,8-14,16-17H2,1H3/t20-/m0/s1. The highest BCUT2D eigenvalue weighted by molar-refractivity contribution is 6.00. The third-order valence-electron chi connectivity index (χ3n) is 6.65. The molecule has 0 saturated carbocycles. The van der Waals surface area contributed by atoms with Gasteiger partial charge in [-0.1, -0.05) is 24.3 Å². The fraction of sp³-hybridized carbons (Fsp3) is 0.440. The minimum Gasteiger partial charge on any atom is -0.486 e. The predicted octanol–water partition coefficient (Wildman–Crippen LogP) is 2.46. The second kappa shape index (κ2) is 8.82. The zero-order chi connectivity index (χ0) is 22.1. The number of hydrogen-bond donors (Lipinski definition) is 0. The summed E-state index contributed by atoms with van der Waals surface area (Å²) < 4.78 is 11.2. The van der Waals surface area contributed by atoms with Gasteiger partial charge in [0.25, 0.3) is 0 Å². The summed E-state index contributed by atoms with van der Waals surface area (Å²) in [5.74, 6) is 1.13. The number of benzene rings is 2. The second-order valence-corrected chi connectivity index (χ2v) is 8.76. The number of fused-ring (bicyclic) bond motifs is 1. The lowest BCUT2D eigenvalue weighted by Crippen LogP contribution is -2.50. The van der Waals surface area contributed by atoms with Crippen molar-refractivity contribution in [1.29, 1.82) is 0 Å². The Labute approximate surface area is 188 Å². The minimum atomic E-state index is -0.293. The number of hydrogen-bond acceptors (Lipinski definition) is 5. The maximum atomic E-state index is 13.2. The van der Waals surface area contributed by atoms with Gasteiger partial charge in [-0.2, -0.15) is 0 Å². The van der Waals surface area contributed by atoms with Crippen LogP contribution >= 0.6 is 0 Å². The van der Waals surface area contributed by atoms with Crippen molar-refractivity contribution in [1.82, 2.24) is 9.80 Å². The number of amides is 2. The van der Waals surface area contributed by atoms with Crippen LogP contribution in [-0.2, 0) is 16.1 Å². The average Bonchev–Trinajstić information content (AvgIpc) is 3.22. The molecule has 0 aromatic heterocycles. The maximum Gasteiger partial charge on any atom is 0.228 e. The van der Waals surface area contributed by atoms with Crippen molar-refractivity contribution in [3.8, 4) is 11.5 Å². The molecule has 0 aliphatic carbocycles. The summed E-state index contributed by atoms with van der Waals surface area (Å²) >= 11 is 0. The van der Waals surface area contributed by atoms with Crippen LogP contribution in [0.1, 0.15) is 17.5 Å². The van der Waals surface area contributed by atoms with Crippen LogP contribution in [0.3, 0.4) is 0 Å². The molecule has 0 unspecified atom stereocenters. The van der Waals surface area contributed by atoms with E-state index in [9.17, 15) is 9.59 Å². The molecule has 1 atom stereocenters. The normalized spacial score (nSPS) is 21.2. The van der Waals surface area contributed by atoms with Crippen LogP contribution in [0.5, 0.6) is 11.5 Å². The van der Waals surface area contributed by atoms with Gasteiger partial charge in [-0.3, -0.25) is 14.5 Å². The lowest BCUT2D eigenvalue weighted by atomic mass is 10.1. The number of piperazine rings is 1. The summed E-state index contributed by atoms with van der Waals surface area (Å²) in [7, 11) is 0. The van der Waals surface area contributed by atoms with Crippen LogP contribution in [0.25, 0.3) is 0 Å². The van der Waals surface area contributed by atoms with Crippen LogP contribution < -0.4 is 14.4 Å². The van der Waals surface area contributed by atoms with Crippen LogP contribution in [0.2, 0.25) is 0 Å². The van der Waals surface area contributed by atoms with Crippen LogP contribution in [0.4, 0.5) is 5.69 Å². The first-order chi connectivity index (χ1) is 15.6. The van der Waals surface area contributed by atoms with Crippen molar-refractivity contribution in [3.05, 3.63) is 53.6 Å². The van der Waals surface area contributed by atoms with Crippen LogP contribution in [-0.4, -0.2) is 67.6 Å². The predicted molar refractivity (Wildman–Crippen MR) is 121 cm³/mol. The summed E-state index contributed by atoms with van der Waals surface area (Å²) in [6.07, 6.45) is 0.261. The number of carbonyl (C=O) groups is 2. The van der Waals surface area contributed by atoms with E-state index < -0.39 is 0 Å². The van der Waals surface area contributed by atoms with Crippen molar-refractivity contribution in [3.63, 3.8) is 0 Å². The molecule has 2 fully saturated rings. The van der Waals surface area contributed by atoms with Crippen LogP contribution in [0.15, 0.2) is 42.5 Å². The van der Waals surface area contributed by atoms with Gasteiger partial charge < -0.3 is 19.3 Å². The van der Waals surface area contributed by atoms with E-state index in [1.54, 1.807) is 4.90 Å². The lowest BCUT2D eigenvalue weighted by Gasteiger charge is -2.36. The molecule has 0 spiro atoms. The number of anilines is 1. The van der Waals surface area contributed by atoms with Crippen LogP contribution in [0, 0.1) is 12.8 Å². The van der Waals surface area contributed by atoms with Gasteiger partial charge in [0, 0.05) is 57.4 Å². The third kappa shape index (κ3) is 4.17. The second-order valence-electron chi connectivity index (χ2n) is 8.76. The van der Waals surface area contributed by atoms with E-state index in [-0.39, 0.29) is 24.2 Å². The molecule has 3 aliphatic rings. The highest BCUT2D eigenvalue weighted by atomic mass is 16.6. The molecule has 0 bridgehead atoms. The summed E-state index contributed by atoms with van der Waals surface area (Å²) in [6, 6.07) is 14.0. The Balaban J connectivity index is 1.18. The first-order valence-corrected chi connectivity index (χ1v) is 11.3. The lowest BCUT2D eigenvalue weighted by molar-refractivity contribution is -0.137. The minimum absolute atomic E-state index is 0.0155. The largest absolute Gasteiger partial charge is 0.486 e. The highest BCUT2D eigenvalue weighted by Gasteiger charge is 2.38. The average molecular weight is 436 g/mol. The Hall–Kier alpha value is -3.06. The van der Waals surface area contributed by atoms with E-state index in [0.29, 0.717) is 44.3 Å². The topological polar surface area (TPSA) is 62.3 Å². The van der Waals surface area contributed by atoms with E-state index in [2.05, 4.69) is 36.1 Å². The Morgan fingerprint density at radius 2 is 1.75 bits per heavy atom. The summed E-state index contributed by atoms with van der Waals surface area (Å²) in [4.78, 5) is 31.9. The van der Waals surface area contributed by atoms with Crippen molar-refractivity contribution >= 4 is 17.5 Å². The fourth-order valence-electron chi connectivity index (χ4n) is 4.74. The zero-order valence-electron chi connectivity index (χ0n) is 18.5. The van der Waals surface area contributed by atoms with Crippen molar-refractivity contribution < 1.29 is 19.1 Å². The smallest absolute Gasteiger partial charge is 0.228 e. The summed E-state index contributed by atoms with van der Waals surface area (Å²) in [6.45, 7) is 7.62. The Morgan fingerprint density at radius 3 is 2.53 bits per heavy atom. The molecule has 168 valence electrons. The molecule has 32 heavy (non-hydrogen) atoms. The van der Waals surface area contributed by atoms with E-state index in [1.807, 2.05) is 23.1 Å². The summed E-state index contributed by atoms with van der Waals surface area (Å²) in [5.41, 5.74) is 3.40. The molecule has 3 heterocycles. The summed E-state index contributed by atoms with van der Waals surface area (Å²) in [5, 5.41) is 0. The molecule has 2 aromatic rings. The quantitative estimate of drug-likeness (QED) is 0.738. The third-order valence-corrected chi connectivity index (χ3v) is 6.65.